The summed E-state index contributed by atoms with van der Waals surface area (Å²) in [6.07, 6.45) is 1.79. The quantitative estimate of drug-likeness (QED) is 0.498. The Labute approximate surface area is 216 Å². The first-order valence-corrected chi connectivity index (χ1v) is 13.0. The van der Waals surface area contributed by atoms with E-state index in [-0.39, 0.29) is 11.1 Å². The fourth-order valence-electron chi connectivity index (χ4n) is 4.55. The number of thioether (sulfide) groups is 1. The summed E-state index contributed by atoms with van der Waals surface area (Å²) in [5.41, 5.74) is 4.51. The molecule has 0 saturated carbocycles. The highest BCUT2D eigenvalue weighted by molar-refractivity contribution is 8.18. The molecule has 36 heavy (non-hydrogen) atoms. The topological polar surface area (TPSA) is 54.3 Å². The molecule has 0 radical (unpaired) electrons. The highest BCUT2D eigenvalue weighted by atomic mass is 32.2. The van der Waals surface area contributed by atoms with Crippen LogP contribution in [0.15, 0.2) is 83.8 Å². The van der Waals surface area contributed by atoms with Crippen LogP contribution in [0.25, 0.3) is 6.08 Å². The molecular formula is C29H30N3O3S+. The van der Waals surface area contributed by atoms with Gasteiger partial charge >= 0.3 is 0 Å². The van der Waals surface area contributed by atoms with Gasteiger partial charge in [0, 0.05) is 5.69 Å². The maximum Gasteiger partial charge on any atom is 0.298 e. The number of aryl methyl sites for hydroxylation is 1. The minimum atomic E-state index is -0.205. The number of benzene rings is 3. The lowest BCUT2D eigenvalue weighted by atomic mass is 10.1. The van der Waals surface area contributed by atoms with Crippen LogP contribution in [0.4, 0.5) is 10.5 Å². The Kier molecular flexibility index (Phi) is 7.39. The summed E-state index contributed by atoms with van der Waals surface area (Å²) in [4.78, 5) is 31.2. The summed E-state index contributed by atoms with van der Waals surface area (Å²) in [6.45, 7) is 6.64. The van der Waals surface area contributed by atoms with Crippen molar-refractivity contribution in [2.24, 2.45) is 0 Å². The monoisotopic (exact) mass is 500 g/mol. The van der Waals surface area contributed by atoms with Crippen LogP contribution < -0.4 is 14.5 Å². The van der Waals surface area contributed by atoms with Crippen molar-refractivity contribution < 1.29 is 19.2 Å². The molecule has 2 heterocycles. The van der Waals surface area contributed by atoms with Gasteiger partial charge in [-0.2, -0.15) is 0 Å². The highest BCUT2D eigenvalue weighted by Gasteiger charge is 2.38. The Morgan fingerprint density at radius 3 is 2.33 bits per heavy atom. The lowest BCUT2D eigenvalue weighted by Gasteiger charge is -2.35. The number of hydrogen-bond acceptors (Lipinski definition) is 5. The van der Waals surface area contributed by atoms with E-state index in [1.807, 2.05) is 54.6 Å². The molecule has 1 N–H and O–H groups in total. The van der Waals surface area contributed by atoms with Crippen LogP contribution >= 0.6 is 11.8 Å². The number of para-hydroxylation sites is 1. The van der Waals surface area contributed by atoms with Gasteiger partial charge in [0.15, 0.2) is 6.67 Å². The average molecular weight is 501 g/mol. The Morgan fingerprint density at radius 1 is 0.917 bits per heavy atom. The molecule has 2 saturated heterocycles. The first-order valence-electron chi connectivity index (χ1n) is 12.2. The molecule has 2 aliphatic heterocycles. The minimum absolute atomic E-state index is 0.192. The van der Waals surface area contributed by atoms with Crippen LogP contribution in [0, 0.1) is 6.92 Å². The molecule has 7 heteroatoms. The van der Waals surface area contributed by atoms with Crippen molar-refractivity contribution in [3.63, 3.8) is 0 Å². The van der Waals surface area contributed by atoms with Gasteiger partial charge in [0.05, 0.1) is 31.1 Å². The fraction of sp³-hybridized carbons (Fsp3) is 0.241. The second-order valence-electron chi connectivity index (χ2n) is 9.13. The third kappa shape index (κ3) is 5.64. The first kappa shape index (κ1) is 24.2. The van der Waals surface area contributed by atoms with E-state index >= 15 is 0 Å². The highest BCUT2D eigenvalue weighted by Crippen LogP contribution is 2.32. The first-order chi connectivity index (χ1) is 17.6. The SMILES string of the molecule is Cc1ccccc1N1CC[NH+](CN2C(=O)S/C(=C/c3ccc(OCc4ccccc4)cc3)C2=O)CC1. The Balaban J connectivity index is 1.15. The number of carbonyl (C=O) groups is 2. The van der Waals surface area contributed by atoms with Gasteiger partial charge in [-0.1, -0.05) is 60.7 Å². The smallest absolute Gasteiger partial charge is 0.298 e. The van der Waals surface area contributed by atoms with Crippen molar-refractivity contribution in [1.82, 2.24) is 4.90 Å². The predicted molar refractivity (Wildman–Crippen MR) is 144 cm³/mol. The van der Waals surface area contributed by atoms with Gasteiger partial charge in [-0.15, -0.1) is 0 Å². The molecule has 0 bridgehead atoms. The number of hydrogen-bond donors (Lipinski definition) is 1. The van der Waals surface area contributed by atoms with Crippen molar-refractivity contribution >= 4 is 34.7 Å². The van der Waals surface area contributed by atoms with E-state index in [9.17, 15) is 9.59 Å². The standard InChI is InChI=1S/C29H29N3O3S/c1-22-7-5-6-10-26(22)31-17-15-30(16-18-31)21-32-28(33)27(36-29(32)34)19-23-11-13-25(14-12-23)35-20-24-8-3-2-4-9-24/h2-14,19H,15-18,20-21H2,1H3/p+1/b27-19+. The maximum atomic E-state index is 13.0. The maximum absolute atomic E-state index is 13.0. The Morgan fingerprint density at radius 2 is 1.61 bits per heavy atom. The van der Waals surface area contributed by atoms with Crippen molar-refractivity contribution in [2.75, 3.05) is 37.7 Å². The van der Waals surface area contributed by atoms with E-state index in [1.165, 1.54) is 21.1 Å². The number of quaternary nitrogens is 1. The molecule has 2 amide bonds. The van der Waals surface area contributed by atoms with Gasteiger partial charge < -0.3 is 14.5 Å². The van der Waals surface area contributed by atoms with Crippen LogP contribution in [0.1, 0.15) is 16.7 Å². The molecule has 0 atom stereocenters. The summed E-state index contributed by atoms with van der Waals surface area (Å²) in [5, 5.41) is -0.192. The van der Waals surface area contributed by atoms with E-state index in [0.717, 1.165) is 54.8 Å². The van der Waals surface area contributed by atoms with Crippen LogP contribution in [0.5, 0.6) is 5.75 Å². The van der Waals surface area contributed by atoms with Gasteiger partial charge in [-0.3, -0.25) is 9.59 Å². The molecule has 6 nitrogen and oxygen atoms in total. The summed E-state index contributed by atoms with van der Waals surface area (Å²) < 4.78 is 5.84. The molecule has 5 rings (SSSR count). The van der Waals surface area contributed by atoms with Crippen molar-refractivity contribution in [3.8, 4) is 5.75 Å². The third-order valence-electron chi connectivity index (χ3n) is 6.61. The van der Waals surface area contributed by atoms with Gasteiger partial charge in [0.2, 0.25) is 0 Å². The predicted octanol–water partition coefficient (Wildman–Crippen LogP) is 3.97. The number of imide groups is 1. The summed E-state index contributed by atoms with van der Waals surface area (Å²) in [7, 11) is 0. The summed E-state index contributed by atoms with van der Waals surface area (Å²) in [6, 6.07) is 26.0. The summed E-state index contributed by atoms with van der Waals surface area (Å²) in [5.74, 6) is 0.556. The lowest BCUT2D eigenvalue weighted by Crippen LogP contribution is -3.16. The van der Waals surface area contributed by atoms with Crippen LogP contribution in [0.2, 0.25) is 0 Å². The molecule has 2 fully saturated rings. The molecule has 3 aromatic rings. The minimum Gasteiger partial charge on any atom is -0.489 e. The van der Waals surface area contributed by atoms with E-state index in [0.29, 0.717) is 18.2 Å². The second-order valence-corrected chi connectivity index (χ2v) is 10.1. The van der Waals surface area contributed by atoms with E-state index in [4.69, 9.17) is 4.74 Å². The largest absolute Gasteiger partial charge is 0.489 e. The molecule has 0 aliphatic carbocycles. The number of nitrogens with zero attached hydrogens (tertiary/aromatic N) is 2. The van der Waals surface area contributed by atoms with E-state index in [2.05, 4.69) is 36.1 Å². The van der Waals surface area contributed by atoms with Gasteiger partial charge in [0.25, 0.3) is 11.1 Å². The molecule has 0 aromatic heterocycles. The molecule has 3 aromatic carbocycles. The number of anilines is 1. The number of amides is 2. The zero-order valence-electron chi connectivity index (χ0n) is 20.4. The third-order valence-corrected chi connectivity index (χ3v) is 7.52. The van der Waals surface area contributed by atoms with Crippen molar-refractivity contribution in [1.29, 1.82) is 0 Å². The van der Waals surface area contributed by atoms with Gasteiger partial charge in [0.1, 0.15) is 12.4 Å². The van der Waals surface area contributed by atoms with E-state index < -0.39 is 0 Å². The zero-order chi connectivity index (χ0) is 24.9. The molecule has 184 valence electrons. The summed E-state index contributed by atoms with van der Waals surface area (Å²) >= 11 is 1.02. The number of piperazine rings is 1. The van der Waals surface area contributed by atoms with Crippen LogP contribution in [-0.4, -0.2) is 48.9 Å². The molecule has 0 spiro atoms. The van der Waals surface area contributed by atoms with Crippen molar-refractivity contribution in [3.05, 3.63) is 100 Å². The molecular weight excluding hydrogens is 470 g/mol. The number of nitrogens with one attached hydrogen (secondary N) is 1. The second kappa shape index (κ2) is 11.0. The van der Waals surface area contributed by atoms with Gasteiger partial charge in [-0.05, 0) is 59.7 Å². The Hall–Kier alpha value is -3.55. The average Bonchev–Trinajstić information content (AvgIpc) is 3.17. The van der Waals surface area contributed by atoms with Gasteiger partial charge in [-0.25, -0.2) is 4.90 Å². The van der Waals surface area contributed by atoms with Crippen LogP contribution in [0.3, 0.4) is 0 Å². The number of carbonyl (C=O) groups excluding carboxylic acids is 2. The van der Waals surface area contributed by atoms with E-state index in [1.54, 1.807) is 6.08 Å². The number of ether oxygens (including phenoxy) is 1. The molecule has 2 aliphatic rings. The normalized spacial score (nSPS) is 17.8. The Bertz CT molecular complexity index is 1250. The van der Waals surface area contributed by atoms with Crippen molar-refractivity contribution in [2.45, 2.75) is 13.5 Å². The zero-order valence-corrected chi connectivity index (χ0v) is 21.2. The fourth-order valence-corrected chi connectivity index (χ4v) is 5.39. The molecule has 0 unspecified atom stereocenters. The van der Waals surface area contributed by atoms with Crippen LogP contribution in [-0.2, 0) is 11.4 Å². The number of rotatable bonds is 7. The lowest BCUT2D eigenvalue weighted by molar-refractivity contribution is -0.907.